The zero-order valence-electron chi connectivity index (χ0n) is 13.5. The van der Waals surface area contributed by atoms with Gasteiger partial charge in [-0.25, -0.2) is 0 Å². The molecular weight excluding hydrogens is 276 g/mol. The topological polar surface area (TPSA) is 41.6 Å². The summed E-state index contributed by atoms with van der Waals surface area (Å²) >= 11 is 0. The molecule has 120 valence electrons. The SMILES string of the molecule is COCCN1CC[C@@H](NC(=O)[C@@H]2C[C@@H]2c2ccccc2C)C1. The summed E-state index contributed by atoms with van der Waals surface area (Å²) in [5.74, 6) is 0.841. The molecule has 3 rings (SSSR count). The largest absolute Gasteiger partial charge is 0.383 e. The van der Waals surface area contributed by atoms with Crippen molar-refractivity contribution < 1.29 is 9.53 Å². The number of likely N-dealkylation sites (tertiary alicyclic amines) is 1. The minimum absolute atomic E-state index is 0.175. The second-order valence-electron chi connectivity index (χ2n) is 6.59. The lowest BCUT2D eigenvalue weighted by Gasteiger charge is -2.16. The van der Waals surface area contributed by atoms with Gasteiger partial charge in [0.25, 0.3) is 0 Å². The van der Waals surface area contributed by atoms with Crippen LogP contribution in [0.5, 0.6) is 0 Å². The Morgan fingerprint density at radius 2 is 2.23 bits per heavy atom. The number of nitrogens with zero attached hydrogens (tertiary/aromatic N) is 1. The van der Waals surface area contributed by atoms with Crippen molar-refractivity contribution in [2.75, 3.05) is 33.4 Å². The molecule has 22 heavy (non-hydrogen) atoms. The van der Waals surface area contributed by atoms with Gasteiger partial charge < -0.3 is 10.1 Å². The monoisotopic (exact) mass is 302 g/mol. The normalized spacial score (nSPS) is 27.8. The third-order valence-corrected chi connectivity index (χ3v) is 4.95. The van der Waals surface area contributed by atoms with Gasteiger partial charge in [0.05, 0.1) is 6.61 Å². The summed E-state index contributed by atoms with van der Waals surface area (Å²) in [4.78, 5) is 14.8. The van der Waals surface area contributed by atoms with Crippen molar-refractivity contribution in [1.29, 1.82) is 0 Å². The summed E-state index contributed by atoms with van der Waals surface area (Å²) in [6.45, 7) is 5.86. The zero-order chi connectivity index (χ0) is 15.5. The molecule has 0 aromatic heterocycles. The Bertz CT molecular complexity index is 532. The summed E-state index contributed by atoms with van der Waals surface area (Å²) in [6, 6.07) is 8.73. The van der Waals surface area contributed by atoms with Crippen molar-refractivity contribution in [3.8, 4) is 0 Å². The molecule has 1 aromatic rings. The number of hydrogen-bond acceptors (Lipinski definition) is 3. The van der Waals surface area contributed by atoms with Crippen LogP contribution in [0.3, 0.4) is 0 Å². The number of carbonyl (C=O) groups is 1. The lowest BCUT2D eigenvalue weighted by atomic mass is 10.0. The van der Waals surface area contributed by atoms with E-state index in [2.05, 4.69) is 41.4 Å². The van der Waals surface area contributed by atoms with Crippen molar-refractivity contribution in [1.82, 2.24) is 10.2 Å². The van der Waals surface area contributed by atoms with Gasteiger partial charge in [-0.1, -0.05) is 24.3 Å². The highest BCUT2D eigenvalue weighted by Crippen LogP contribution is 2.48. The Morgan fingerprint density at radius 1 is 1.41 bits per heavy atom. The number of rotatable bonds is 6. The van der Waals surface area contributed by atoms with Gasteiger partial charge in [-0.3, -0.25) is 9.69 Å². The summed E-state index contributed by atoms with van der Waals surface area (Å²) < 4.78 is 5.11. The molecule has 4 heteroatoms. The summed E-state index contributed by atoms with van der Waals surface area (Å²) in [6.07, 6.45) is 2.05. The van der Waals surface area contributed by atoms with Gasteiger partial charge in [-0.15, -0.1) is 0 Å². The first kappa shape index (κ1) is 15.5. The Morgan fingerprint density at radius 3 is 3.00 bits per heavy atom. The lowest BCUT2D eigenvalue weighted by molar-refractivity contribution is -0.123. The van der Waals surface area contributed by atoms with Crippen LogP contribution in [-0.4, -0.2) is 50.2 Å². The highest BCUT2D eigenvalue weighted by Gasteiger charge is 2.45. The molecule has 0 radical (unpaired) electrons. The molecule has 2 fully saturated rings. The van der Waals surface area contributed by atoms with Crippen molar-refractivity contribution in [2.45, 2.75) is 31.7 Å². The molecule has 0 unspecified atom stereocenters. The fraction of sp³-hybridized carbons (Fsp3) is 0.611. The molecule has 4 nitrogen and oxygen atoms in total. The zero-order valence-corrected chi connectivity index (χ0v) is 13.5. The van der Waals surface area contributed by atoms with E-state index < -0.39 is 0 Å². The van der Waals surface area contributed by atoms with Crippen LogP contribution in [0.15, 0.2) is 24.3 Å². The van der Waals surface area contributed by atoms with E-state index in [-0.39, 0.29) is 11.8 Å². The van der Waals surface area contributed by atoms with Crippen LogP contribution in [0.1, 0.15) is 29.9 Å². The molecule has 1 aliphatic carbocycles. The molecule has 1 saturated heterocycles. The minimum Gasteiger partial charge on any atom is -0.383 e. The highest BCUT2D eigenvalue weighted by atomic mass is 16.5. The number of amides is 1. The van der Waals surface area contributed by atoms with Crippen LogP contribution in [0.2, 0.25) is 0 Å². The van der Waals surface area contributed by atoms with Gasteiger partial charge in [-0.05, 0) is 36.8 Å². The molecule has 1 N–H and O–H groups in total. The van der Waals surface area contributed by atoms with Gasteiger partial charge >= 0.3 is 0 Å². The fourth-order valence-corrected chi connectivity index (χ4v) is 3.51. The Balaban J connectivity index is 1.47. The van der Waals surface area contributed by atoms with E-state index in [1.165, 1.54) is 11.1 Å². The molecule has 2 aliphatic rings. The van der Waals surface area contributed by atoms with E-state index in [0.29, 0.717) is 12.0 Å². The number of aryl methyl sites for hydroxylation is 1. The molecule has 1 heterocycles. The molecule has 1 aromatic carbocycles. The Labute approximate surface area is 132 Å². The number of carbonyl (C=O) groups excluding carboxylic acids is 1. The second kappa shape index (κ2) is 6.80. The first-order valence-electron chi connectivity index (χ1n) is 8.26. The Kier molecular flexibility index (Phi) is 4.79. The average molecular weight is 302 g/mol. The first-order chi connectivity index (χ1) is 10.7. The maximum Gasteiger partial charge on any atom is 0.224 e. The molecule has 1 amide bonds. The number of benzene rings is 1. The van der Waals surface area contributed by atoms with E-state index in [1.54, 1.807) is 7.11 Å². The molecule has 3 atom stereocenters. The van der Waals surface area contributed by atoms with Crippen molar-refractivity contribution >= 4 is 5.91 Å². The smallest absolute Gasteiger partial charge is 0.224 e. The number of nitrogens with one attached hydrogen (secondary N) is 1. The molecule has 0 spiro atoms. The molecule has 1 saturated carbocycles. The highest BCUT2D eigenvalue weighted by molar-refractivity contribution is 5.83. The van der Waals surface area contributed by atoms with Gasteiger partial charge in [0.1, 0.15) is 0 Å². The standard InChI is InChI=1S/C18H26N2O2/c1-13-5-3-4-6-15(13)16-11-17(16)18(21)19-14-7-8-20(12-14)9-10-22-2/h3-6,14,16-17H,7-12H2,1-2H3,(H,19,21)/t14-,16-,17-/m1/s1. The van der Waals surface area contributed by atoms with E-state index in [0.717, 1.165) is 39.1 Å². The quantitative estimate of drug-likeness (QED) is 0.873. The first-order valence-corrected chi connectivity index (χ1v) is 8.26. The van der Waals surface area contributed by atoms with Crippen LogP contribution in [-0.2, 0) is 9.53 Å². The van der Waals surface area contributed by atoms with Crippen LogP contribution in [0.25, 0.3) is 0 Å². The van der Waals surface area contributed by atoms with Crippen molar-refractivity contribution in [3.63, 3.8) is 0 Å². The third-order valence-electron chi connectivity index (χ3n) is 4.95. The maximum absolute atomic E-state index is 12.4. The predicted molar refractivity (Wildman–Crippen MR) is 86.9 cm³/mol. The van der Waals surface area contributed by atoms with Crippen molar-refractivity contribution in [2.24, 2.45) is 5.92 Å². The fourth-order valence-electron chi connectivity index (χ4n) is 3.51. The van der Waals surface area contributed by atoms with Crippen LogP contribution < -0.4 is 5.32 Å². The van der Waals surface area contributed by atoms with Gasteiger partial charge in [0.15, 0.2) is 0 Å². The van der Waals surface area contributed by atoms with E-state index in [4.69, 9.17) is 4.74 Å². The van der Waals surface area contributed by atoms with E-state index in [9.17, 15) is 4.79 Å². The number of hydrogen-bond donors (Lipinski definition) is 1. The van der Waals surface area contributed by atoms with E-state index >= 15 is 0 Å². The summed E-state index contributed by atoms with van der Waals surface area (Å²) in [7, 11) is 1.73. The number of methoxy groups -OCH3 is 1. The van der Waals surface area contributed by atoms with Gasteiger partial charge in [-0.2, -0.15) is 0 Å². The van der Waals surface area contributed by atoms with E-state index in [1.807, 2.05) is 0 Å². The lowest BCUT2D eigenvalue weighted by Crippen LogP contribution is -2.38. The maximum atomic E-state index is 12.4. The van der Waals surface area contributed by atoms with Crippen LogP contribution >= 0.6 is 0 Å². The molecule has 0 bridgehead atoms. The van der Waals surface area contributed by atoms with Crippen molar-refractivity contribution in [3.05, 3.63) is 35.4 Å². The molecule has 1 aliphatic heterocycles. The number of ether oxygens (including phenoxy) is 1. The average Bonchev–Trinajstić information content (AvgIpc) is 3.19. The summed E-state index contributed by atoms with van der Waals surface area (Å²) in [5.41, 5.74) is 2.64. The molecular formula is C18H26N2O2. The van der Waals surface area contributed by atoms with Gasteiger partial charge in [0.2, 0.25) is 5.91 Å². The van der Waals surface area contributed by atoms with Crippen LogP contribution in [0.4, 0.5) is 0 Å². The third kappa shape index (κ3) is 3.50. The Hall–Kier alpha value is -1.39. The predicted octanol–water partition coefficient (Wildman–Crippen LogP) is 1.94. The second-order valence-corrected chi connectivity index (χ2v) is 6.59. The summed E-state index contributed by atoms with van der Waals surface area (Å²) in [5, 5.41) is 3.24. The van der Waals surface area contributed by atoms with Crippen LogP contribution in [0, 0.1) is 12.8 Å². The van der Waals surface area contributed by atoms with Gasteiger partial charge in [0, 0.05) is 38.7 Å². The minimum atomic E-state index is 0.175.